The number of benzene rings is 1. The Labute approximate surface area is 149 Å². The second-order valence-corrected chi connectivity index (χ2v) is 6.59. The number of para-hydroxylation sites is 1. The molecule has 2 atom stereocenters. The second-order valence-electron chi connectivity index (χ2n) is 6.59. The number of aliphatic imine (C=N–C) groups is 1. The van der Waals surface area contributed by atoms with Gasteiger partial charge in [-0.05, 0) is 31.6 Å². The quantitative estimate of drug-likeness (QED) is 0.835. The van der Waals surface area contributed by atoms with Gasteiger partial charge in [-0.15, -0.1) is 0 Å². The fraction of sp³-hybridized carbons (Fsp3) is 0.474. The van der Waals surface area contributed by atoms with E-state index in [0.717, 1.165) is 35.7 Å². The summed E-state index contributed by atoms with van der Waals surface area (Å²) in [7, 11) is 3.59. The number of hydrogen-bond acceptors (Lipinski definition) is 5. The van der Waals surface area contributed by atoms with E-state index >= 15 is 0 Å². The molecule has 134 valence electrons. The number of anilines is 2. The average Bonchev–Trinajstić information content (AvgIpc) is 3.04. The van der Waals surface area contributed by atoms with Gasteiger partial charge < -0.3 is 19.9 Å². The third kappa shape index (κ3) is 3.26. The van der Waals surface area contributed by atoms with E-state index in [1.807, 2.05) is 24.1 Å². The molecule has 1 saturated heterocycles. The smallest absolute Gasteiger partial charge is 0.246 e. The number of nitrogens with one attached hydrogen (secondary N) is 1. The first kappa shape index (κ1) is 17.5. The summed E-state index contributed by atoms with van der Waals surface area (Å²) in [4.78, 5) is 21.2. The van der Waals surface area contributed by atoms with Gasteiger partial charge >= 0.3 is 0 Å². The van der Waals surface area contributed by atoms with Gasteiger partial charge in [-0.1, -0.05) is 12.6 Å². The van der Waals surface area contributed by atoms with Crippen molar-refractivity contribution in [1.82, 2.24) is 4.90 Å². The molecule has 1 fully saturated rings. The number of fused-ring (bicyclic) bond motifs is 1. The van der Waals surface area contributed by atoms with Gasteiger partial charge in [-0.3, -0.25) is 9.79 Å². The zero-order valence-electron chi connectivity index (χ0n) is 15.2. The molecule has 0 saturated carbocycles. The third-order valence-corrected chi connectivity index (χ3v) is 4.95. The Morgan fingerprint density at radius 1 is 1.52 bits per heavy atom. The lowest BCUT2D eigenvalue weighted by molar-refractivity contribution is -0.127. The van der Waals surface area contributed by atoms with E-state index in [1.165, 1.54) is 6.08 Å². The first-order chi connectivity index (χ1) is 12.1. The Bertz CT molecular complexity index is 701. The standard InChI is InChI=1S/C19H26N4O2/c1-5-18(24)23-11-14(9-15(23)12-25-4)22-10-13(2)21-19-16(20-3)7-6-8-17(19)22/h5-8,14-15,20H,1,9-12H2,2-4H3/t14-,15+/m0/s1. The van der Waals surface area contributed by atoms with Crippen molar-refractivity contribution < 1.29 is 9.53 Å². The second kappa shape index (κ2) is 7.27. The summed E-state index contributed by atoms with van der Waals surface area (Å²) < 4.78 is 5.33. The number of nitrogens with zero attached hydrogens (tertiary/aromatic N) is 3. The van der Waals surface area contributed by atoms with Crippen molar-refractivity contribution in [3.63, 3.8) is 0 Å². The molecule has 3 rings (SSSR count). The molecule has 1 N–H and O–H groups in total. The molecule has 0 bridgehead atoms. The van der Waals surface area contributed by atoms with Crippen molar-refractivity contribution in [3.05, 3.63) is 30.9 Å². The van der Waals surface area contributed by atoms with Crippen LogP contribution in [0.25, 0.3) is 0 Å². The van der Waals surface area contributed by atoms with Crippen molar-refractivity contribution in [2.75, 3.05) is 44.1 Å². The molecule has 2 aliphatic rings. The molecule has 6 heteroatoms. The van der Waals surface area contributed by atoms with Gasteiger partial charge in [0.1, 0.15) is 5.69 Å². The molecule has 1 amide bonds. The van der Waals surface area contributed by atoms with Crippen LogP contribution in [0.2, 0.25) is 0 Å². The number of rotatable bonds is 5. The topological polar surface area (TPSA) is 57.2 Å². The molecule has 1 aromatic rings. The van der Waals surface area contributed by atoms with Crippen LogP contribution < -0.4 is 10.2 Å². The molecule has 2 aliphatic heterocycles. The predicted octanol–water partition coefficient (Wildman–Crippen LogP) is 2.44. The Kier molecular flexibility index (Phi) is 5.08. The normalized spacial score (nSPS) is 22.4. The van der Waals surface area contributed by atoms with Gasteiger partial charge in [-0.2, -0.15) is 0 Å². The van der Waals surface area contributed by atoms with E-state index < -0.39 is 0 Å². The molecule has 6 nitrogen and oxygen atoms in total. The molecule has 2 heterocycles. The minimum atomic E-state index is -0.0313. The largest absolute Gasteiger partial charge is 0.386 e. The van der Waals surface area contributed by atoms with E-state index in [9.17, 15) is 4.79 Å². The first-order valence-corrected chi connectivity index (χ1v) is 8.62. The maximum Gasteiger partial charge on any atom is 0.246 e. The van der Waals surface area contributed by atoms with E-state index in [4.69, 9.17) is 9.73 Å². The van der Waals surface area contributed by atoms with Crippen molar-refractivity contribution in [3.8, 4) is 0 Å². The summed E-state index contributed by atoms with van der Waals surface area (Å²) >= 11 is 0. The Hall–Kier alpha value is -2.34. The minimum Gasteiger partial charge on any atom is -0.386 e. The van der Waals surface area contributed by atoms with E-state index in [-0.39, 0.29) is 18.0 Å². The number of hydrogen-bond donors (Lipinski definition) is 1. The van der Waals surface area contributed by atoms with Gasteiger partial charge in [0.2, 0.25) is 5.91 Å². The van der Waals surface area contributed by atoms with Crippen molar-refractivity contribution in [2.45, 2.75) is 25.4 Å². The zero-order chi connectivity index (χ0) is 18.0. The van der Waals surface area contributed by atoms with Crippen LogP contribution in [0.5, 0.6) is 0 Å². The summed E-state index contributed by atoms with van der Waals surface area (Å²) in [5.74, 6) is -0.0313. The Morgan fingerprint density at radius 3 is 3.00 bits per heavy atom. The molecule has 0 radical (unpaired) electrons. The highest BCUT2D eigenvalue weighted by Gasteiger charge is 2.38. The summed E-state index contributed by atoms with van der Waals surface area (Å²) in [5, 5.41) is 3.22. The lowest BCUT2D eigenvalue weighted by atomic mass is 10.1. The SMILES string of the molecule is C=CC(=O)N1C[C@@H](N2CC(C)=Nc3c(NC)cccc32)C[C@@H]1COC. The van der Waals surface area contributed by atoms with Crippen LogP contribution in [0.4, 0.5) is 17.1 Å². The van der Waals surface area contributed by atoms with Crippen LogP contribution in [-0.2, 0) is 9.53 Å². The number of ether oxygens (including phenoxy) is 1. The van der Waals surface area contributed by atoms with Crippen molar-refractivity contribution in [2.24, 2.45) is 4.99 Å². The number of carbonyl (C=O) groups excluding carboxylic acids is 1. The maximum absolute atomic E-state index is 12.2. The lowest BCUT2D eigenvalue weighted by Gasteiger charge is -2.35. The number of amides is 1. The van der Waals surface area contributed by atoms with E-state index in [1.54, 1.807) is 7.11 Å². The van der Waals surface area contributed by atoms with Crippen molar-refractivity contribution >= 4 is 28.7 Å². The average molecular weight is 342 g/mol. The number of methoxy groups -OCH3 is 1. The highest BCUT2D eigenvalue weighted by atomic mass is 16.5. The number of carbonyl (C=O) groups is 1. The van der Waals surface area contributed by atoms with Gasteiger partial charge in [0, 0.05) is 32.5 Å². The van der Waals surface area contributed by atoms with Crippen LogP contribution in [0.15, 0.2) is 35.8 Å². The summed E-state index contributed by atoms with van der Waals surface area (Å²) in [6, 6.07) is 6.50. The predicted molar refractivity (Wildman–Crippen MR) is 102 cm³/mol. The Balaban J connectivity index is 1.91. The monoisotopic (exact) mass is 342 g/mol. The van der Waals surface area contributed by atoms with Gasteiger partial charge in [0.05, 0.1) is 30.6 Å². The van der Waals surface area contributed by atoms with Gasteiger partial charge in [0.15, 0.2) is 0 Å². The Morgan fingerprint density at radius 2 is 2.32 bits per heavy atom. The molecule has 0 unspecified atom stereocenters. The molecule has 25 heavy (non-hydrogen) atoms. The van der Waals surface area contributed by atoms with Crippen LogP contribution >= 0.6 is 0 Å². The first-order valence-electron chi connectivity index (χ1n) is 8.62. The van der Waals surface area contributed by atoms with Crippen LogP contribution in [0, 0.1) is 0 Å². The summed E-state index contributed by atoms with van der Waals surface area (Å²) in [6.45, 7) is 7.68. The summed E-state index contributed by atoms with van der Waals surface area (Å²) in [6.07, 6.45) is 2.27. The molecular weight excluding hydrogens is 316 g/mol. The van der Waals surface area contributed by atoms with Crippen molar-refractivity contribution in [1.29, 1.82) is 0 Å². The minimum absolute atomic E-state index is 0.0313. The maximum atomic E-state index is 12.2. The number of likely N-dealkylation sites (tertiary alicyclic amines) is 1. The lowest BCUT2D eigenvalue weighted by Crippen LogP contribution is -2.42. The molecule has 0 aromatic heterocycles. The van der Waals surface area contributed by atoms with Crippen LogP contribution in [-0.4, -0.2) is 62.5 Å². The molecular formula is C19H26N4O2. The van der Waals surface area contributed by atoms with Gasteiger partial charge in [0.25, 0.3) is 0 Å². The zero-order valence-corrected chi connectivity index (χ0v) is 15.2. The van der Waals surface area contributed by atoms with Crippen LogP contribution in [0.1, 0.15) is 13.3 Å². The molecule has 0 aliphatic carbocycles. The fourth-order valence-corrected chi connectivity index (χ4v) is 3.82. The van der Waals surface area contributed by atoms with Gasteiger partial charge in [-0.25, -0.2) is 0 Å². The third-order valence-electron chi connectivity index (χ3n) is 4.95. The highest BCUT2D eigenvalue weighted by molar-refractivity contribution is 5.98. The fourth-order valence-electron chi connectivity index (χ4n) is 3.82. The summed E-state index contributed by atoms with van der Waals surface area (Å²) in [5.41, 5.74) is 4.19. The van der Waals surface area contributed by atoms with Crippen LogP contribution in [0.3, 0.4) is 0 Å². The van der Waals surface area contributed by atoms with E-state index in [2.05, 4.69) is 29.8 Å². The van der Waals surface area contributed by atoms with E-state index in [0.29, 0.717) is 13.2 Å². The highest BCUT2D eigenvalue weighted by Crippen LogP contribution is 2.41. The molecule has 1 aromatic carbocycles. The molecule has 0 spiro atoms.